The topological polar surface area (TPSA) is 67.4 Å². The van der Waals surface area contributed by atoms with Gasteiger partial charge in [-0.1, -0.05) is 17.7 Å². The second-order valence-electron chi connectivity index (χ2n) is 6.65. The normalized spacial score (nSPS) is 14.5. The van der Waals surface area contributed by atoms with Crippen LogP contribution in [-0.4, -0.2) is 18.9 Å². The van der Waals surface area contributed by atoms with Crippen LogP contribution in [0.4, 0.5) is 11.4 Å². The average molecular weight is 373 g/mol. The van der Waals surface area contributed by atoms with Crippen molar-refractivity contribution >= 4 is 34.8 Å². The van der Waals surface area contributed by atoms with Gasteiger partial charge in [-0.15, -0.1) is 0 Å². The largest absolute Gasteiger partial charge is 0.495 e. The molecule has 2 aromatic rings. The summed E-state index contributed by atoms with van der Waals surface area (Å²) in [6.07, 6.45) is 1.04. The number of benzene rings is 2. The second kappa shape index (κ2) is 7.00. The Morgan fingerprint density at radius 3 is 2.23 bits per heavy atom. The summed E-state index contributed by atoms with van der Waals surface area (Å²) in [4.78, 5) is 25.5. The molecule has 6 heteroatoms. The molecule has 0 aromatic heterocycles. The number of nitrogens with one attached hydrogen (secondary N) is 2. The summed E-state index contributed by atoms with van der Waals surface area (Å²) in [6, 6.07) is 10.7. The van der Waals surface area contributed by atoms with Gasteiger partial charge >= 0.3 is 0 Å². The van der Waals surface area contributed by atoms with Gasteiger partial charge in [-0.2, -0.15) is 0 Å². The third-order valence-electron chi connectivity index (χ3n) is 4.66. The first kappa shape index (κ1) is 18.3. The molecule has 0 spiro atoms. The van der Waals surface area contributed by atoms with Crippen molar-refractivity contribution in [2.45, 2.75) is 26.7 Å². The van der Waals surface area contributed by atoms with Gasteiger partial charge in [0, 0.05) is 10.7 Å². The van der Waals surface area contributed by atoms with Gasteiger partial charge in [-0.25, -0.2) is 0 Å². The Kier molecular flexibility index (Phi) is 4.92. The fourth-order valence-corrected chi connectivity index (χ4v) is 3.08. The number of halogens is 1. The van der Waals surface area contributed by atoms with E-state index in [1.165, 1.54) is 0 Å². The fraction of sp³-hybridized carbons (Fsp3) is 0.300. The van der Waals surface area contributed by atoms with Crippen LogP contribution in [-0.2, 0) is 9.59 Å². The number of hydrogen-bond acceptors (Lipinski definition) is 3. The number of methoxy groups -OCH3 is 1. The summed E-state index contributed by atoms with van der Waals surface area (Å²) in [5.41, 5.74) is 2.03. The Morgan fingerprint density at radius 2 is 1.65 bits per heavy atom. The third kappa shape index (κ3) is 3.53. The lowest BCUT2D eigenvalue weighted by Gasteiger charge is -2.18. The molecule has 136 valence electrons. The zero-order chi connectivity index (χ0) is 18.9. The molecule has 1 saturated carbocycles. The number of carbonyl (C=O) groups is 2. The summed E-state index contributed by atoms with van der Waals surface area (Å²) in [5, 5.41) is 6.31. The van der Waals surface area contributed by atoms with E-state index in [0.717, 1.165) is 11.1 Å². The second-order valence-corrected chi connectivity index (χ2v) is 7.09. The molecule has 0 heterocycles. The van der Waals surface area contributed by atoms with E-state index >= 15 is 0 Å². The van der Waals surface area contributed by atoms with Gasteiger partial charge in [0.15, 0.2) is 0 Å². The van der Waals surface area contributed by atoms with E-state index in [4.69, 9.17) is 16.3 Å². The van der Waals surface area contributed by atoms with E-state index in [9.17, 15) is 9.59 Å². The van der Waals surface area contributed by atoms with Crippen molar-refractivity contribution in [3.63, 3.8) is 0 Å². The molecule has 0 radical (unpaired) electrons. The number of aryl methyl sites for hydroxylation is 2. The molecule has 0 atom stereocenters. The molecular formula is C20H21ClN2O3. The highest BCUT2D eigenvalue weighted by Crippen LogP contribution is 2.48. The van der Waals surface area contributed by atoms with Gasteiger partial charge in [0.05, 0.1) is 12.8 Å². The Labute approximate surface area is 157 Å². The molecule has 3 rings (SSSR count). The summed E-state index contributed by atoms with van der Waals surface area (Å²) < 4.78 is 5.29. The van der Waals surface area contributed by atoms with Gasteiger partial charge in [-0.3, -0.25) is 9.59 Å². The lowest BCUT2D eigenvalue weighted by Crippen LogP contribution is -2.35. The fourth-order valence-electron chi connectivity index (χ4n) is 2.85. The van der Waals surface area contributed by atoms with Crippen LogP contribution < -0.4 is 15.4 Å². The molecular weight excluding hydrogens is 352 g/mol. The van der Waals surface area contributed by atoms with Crippen LogP contribution >= 0.6 is 11.6 Å². The summed E-state index contributed by atoms with van der Waals surface area (Å²) in [6.45, 7) is 3.79. The van der Waals surface area contributed by atoms with Crippen molar-refractivity contribution in [3.05, 3.63) is 52.5 Å². The van der Waals surface area contributed by atoms with Crippen LogP contribution in [0, 0.1) is 19.3 Å². The molecule has 2 N–H and O–H groups in total. The summed E-state index contributed by atoms with van der Waals surface area (Å²) in [7, 11) is 1.54. The van der Waals surface area contributed by atoms with Gasteiger partial charge < -0.3 is 15.4 Å². The van der Waals surface area contributed by atoms with Crippen molar-refractivity contribution < 1.29 is 14.3 Å². The lowest BCUT2D eigenvalue weighted by molar-refractivity contribution is -0.131. The molecule has 2 aromatic carbocycles. The summed E-state index contributed by atoms with van der Waals surface area (Å²) in [5.74, 6) is -0.0498. The molecule has 0 aliphatic heterocycles. The number of rotatable bonds is 5. The van der Waals surface area contributed by atoms with Crippen LogP contribution in [0.2, 0.25) is 5.02 Å². The quantitative estimate of drug-likeness (QED) is 0.768. The number of ether oxygens (including phenoxy) is 1. The van der Waals surface area contributed by atoms with Gasteiger partial charge in [0.2, 0.25) is 11.8 Å². The van der Waals surface area contributed by atoms with E-state index in [2.05, 4.69) is 10.6 Å². The van der Waals surface area contributed by atoms with E-state index in [0.29, 0.717) is 35.0 Å². The smallest absolute Gasteiger partial charge is 0.240 e. The number of carbonyl (C=O) groups excluding carboxylic acids is 2. The molecule has 1 aliphatic rings. The average Bonchev–Trinajstić information content (AvgIpc) is 3.39. The maximum absolute atomic E-state index is 12.8. The van der Waals surface area contributed by atoms with E-state index < -0.39 is 5.41 Å². The van der Waals surface area contributed by atoms with E-state index in [-0.39, 0.29) is 11.8 Å². The Bertz CT molecular complexity index is 875. The van der Waals surface area contributed by atoms with Crippen LogP contribution in [0.15, 0.2) is 36.4 Å². The van der Waals surface area contributed by atoms with Crippen molar-refractivity contribution in [2.24, 2.45) is 5.41 Å². The molecule has 1 fully saturated rings. The van der Waals surface area contributed by atoms with Gasteiger partial charge in [-0.05, 0) is 68.1 Å². The molecule has 0 saturated heterocycles. The standard InChI is InChI=1S/C20H21ClN2O3/c1-12-4-7-17(26-3)16(10-12)23-19(25)20(8-9-20)18(24)22-15-6-5-14(21)11-13(15)2/h4-7,10-11H,8-9H2,1-3H3,(H,22,24)(H,23,25). The number of anilines is 2. The predicted molar refractivity (Wildman–Crippen MR) is 103 cm³/mol. The predicted octanol–water partition coefficient (Wildman–Crippen LogP) is 4.32. The highest BCUT2D eigenvalue weighted by Gasteiger charge is 2.56. The van der Waals surface area contributed by atoms with Gasteiger partial charge in [0.1, 0.15) is 11.2 Å². The van der Waals surface area contributed by atoms with Crippen molar-refractivity contribution in [2.75, 3.05) is 17.7 Å². The molecule has 26 heavy (non-hydrogen) atoms. The lowest BCUT2D eigenvalue weighted by atomic mass is 10.0. The zero-order valence-corrected chi connectivity index (χ0v) is 15.7. The Morgan fingerprint density at radius 1 is 1.00 bits per heavy atom. The highest BCUT2D eigenvalue weighted by molar-refractivity contribution is 6.30. The van der Waals surface area contributed by atoms with E-state index in [1.807, 2.05) is 26.0 Å². The first-order valence-electron chi connectivity index (χ1n) is 8.39. The number of amides is 2. The molecule has 5 nitrogen and oxygen atoms in total. The van der Waals surface area contributed by atoms with E-state index in [1.54, 1.807) is 31.4 Å². The minimum absolute atomic E-state index is 0.299. The van der Waals surface area contributed by atoms with Crippen LogP contribution in [0.3, 0.4) is 0 Å². The monoisotopic (exact) mass is 372 g/mol. The Hall–Kier alpha value is -2.53. The van der Waals surface area contributed by atoms with Gasteiger partial charge in [0.25, 0.3) is 0 Å². The van der Waals surface area contributed by atoms with Crippen molar-refractivity contribution in [3.8, 4) is 5.75 Å². The highest BCUT2D eigenvalue weighted by atomic mass is 35.5. The SMILES string of the molecule is COc1ccc(C)cc1NC(=O)C1(C(=O)Nc2ccc(Cl)cc2C)CC1. The van der Waals surface area contributed by atoms with Crippen molar-refractivity contribution in [1.29, 1.82) is 0 Å². The first-order valence-corrected chi connectivity index (χ1v) is 8.77. The molecule has 2 amide bonds. The Balaban J connectivity index is 1.77. The van der Waals surface area contributed by atoms with Crippen LogP contribution in [0.1, 0.15) is 24.0 Å². The minimum Gasteiger partial charge on any atom is -0.495 e. The molecule has 0 bridgehead atoms. The zero-order valence-electron chi connectivity index (χ0n) is 15.0. The summed E-state index contributed by atoms with van der Waals surface area (Å²) >= 11 is 5.95. The number of hydrogen-bond donors (Lipinski definition) is 2. The third-order valence-corrected chi connectivity index (χ3v) is 4.89. The van der Waals surface area contributed by atoms with Crippen LogP contribution in [0.5, 0.6) is 5.75 Å². The maximum atomic E-state index is 12.8. The molecule has 1 aliphatic carbocycles. The maximum Gasteiger partial charge on any atom is 0.240 e. The first-order chi connectivity index (χ1) is 12.4. The minimum atomic E-state index is -1.04. The van der Waals surface area contributed by atoms with Crippen molar-refractivity contribution in [1.82, 2.24) is 0 Å². The van der Waals surface area contributed by atoms with Crippen LogP contribution in [0.25, 0.3) is 0 Å². The molecule has 0 unspecified atom stereocenters.